The van der Waals surface area contributed by atoms with Gasteiger partial charge in [0, 0.05) is 37.2 Å². The summed E-state index contributed by atoms with van der Waals surface area (Å²) in [7, 11) is -0.480. The molecule has 0 bridgehead atoms. The summed E-state index contributed by atoms with van der Waals surface area (Å²) in [4.78, 5) is 28.4. The minimum absolute atomic E-state index is 0.184. The SMILES string of the molecule is CCS(=O)(=O)Nc1cc2oc(-c3ccc(F)cc3)c(C(=O)NC)c2cc1C1CC(C(=O)Nc2c(O)cccc2F)CN(C)C1. The predicted molar refractivity (Wildman–Crippen MR) is 163 cm³/mol. The molecule has 1 aliphatic heterocycles. The Balaban J connectivity index is 1.61. The number of hydrogen-bond acceptors (Lipinski definition) is 7. The van der Waals surface area contributed by atoms with Gasteiger partial charge in [-0.15, -0.1) is 0 Å². The highest BCUT2D eigenvalue weighted by Crippen LogP contribution is 2.42. The summed E-state index contributed by atoms with van der Waals surface area (Å²) in [5.41, 5.74) is 1.31. The molecule has 10 nitrogen and oxygen atoms in total. The van der Waals surface area contributed by atoms with Crippen molar-refractivity contribution in [3.05, 3.63) is 77.4 Å². The monoisotopic (exact) mass is 626 g/mol. The Kier molecular flexibility index (Phi) is 8.62. The molecule has 0 saturated carbocycles. The number of rotatable bonds is 8. The molecule has 0 aliphatic carbocycles. The van der Waals surface area contributed by atoms with E-state index in [0.717, 1.165) is 6.07 Å². The number of aromatic hydroxyl groups is 1. The molecule has 13 heteroatoms. The molecule has 2 unspecified atom stereocenters. The minimum atomic E-state index is -3.75. The van der Waals surface area contributed by atoms with Crippen molar-refractivity contribution < 1.29 is 36.3 Å². The first-order valence-electron chi connectivity index (χ1n) is 14.0. The first-order chi connectivity index (χ1) is 20.9. The van der Waals surface area contributed by atoms with Gasteiger partial charge >= 0.3 is 0 Å². The number of hydrogen-bond donors (Lipinski definition) is 4. The first kappa shape index (κ1) is 31.0. The highest BCUT2D eigenvalue weighted by molar-refractivity contribution is 7.92. The number of amides is 2. The number of nitrogens with zero attached hydrogens (tertiary/aromatic N) is 1. The fourth-order valence-electron chi connectivity index (χ4n) is 5.58. The summed E-state index contributed by atoms with van der Waals surface area (Å²) >= 11 is 0. The van der Waals surface area contributed by atoms with Crippen LogP contribution in [0.3, 0.4) is 0 Å². The molecule has 0 spiro atoms. The van der Waals surface area contributed by atoms with Gasteiger partial charge < -0.3 is 25.1 Å². The molecule has 5 rings (SSSR count). The zero-order valence-electron chi connectivity index (χ0n) is 24.3. The predicted octanol–water partition coefficient (Wildman–Crippen LogP) is 4.88. The zero-order chi connectivity index (χ0) is 31.8. The Morgan fingerprint density at radius 1 is 1.09 bits per heavy atom. The van der Waals surface area contributed by atoms with Gasteiger partial charge in [-0.3, -0.25) is 14.3 Å². The van der Waals surface area contributed by atoms with E-state index in [4.69, 9.17) is 4.42 Å². The number of benzene rings is 3. The number of phenols is 1. The summed E-state index contributed by atoms with van der Waals surface area (Å²) < 4.78 is 62.2. The Morgan fingerprint density at radius 3 is 2.48 bits per heavy atom. The maximum Gasteiger partial charge on any atom is 0.255 e. The second-order valence-corrected chi connectivity index (χ2v) is 12.8. The molecule has 0 radical (unpaired) electrons. The van der Waals surface area contributed by atoms with Crippen LogP contribution >= 0.6 is 0 Å². The number of anilines is 2. The third-order valence-electron chi connectivity index (χ3n) is 7.75. The number of piperidine rings is 1. The summed E-state index contributed by atoms with van der Waals surface area (Å²) in [6.45, 7) is 2.27. The molecule has 2 amide bonds. The highest BCUT2D eigenvalue weighted by atomic mass is 32.2. The lowest BCUT2D eigenvalue weighted by Gasteiger charge is -2.36. The molecular formula is C31H32F2N4O6S. The van der Waals surface area contributed by atoms with E-state index in [1.165, 1.54) is 56.4 Å². The number of likely N-dealkylation sites (N-methyl/N-ethyl adjacent to an activating group) is 1. The van der Waals surface area contributed by atoms with Crippen molar-refractivity contribution in [3.63, 3.8) is 0 Å². The van der Waals surface area contributed by atoms with Gasteiger partial charge in [-0.2, -0.15) is 0 Å². The van der Waals surface area contributed by atoms with Gasteiger partial charge in [0.1, 0.15) is 28.6 Å². The molecule has 4 aromatic rings. The van der Waals surface area contributed by atoms with Gasteiger partial charge in [0.05, 0.1) is 22.9 Å². The largest absolute Gasteiger partial charge is 0.506 e. The summed E-state index contributed by atoms with van der Waals surface area (Å²) in [6, 6.07) is 12.4. The average molecular weight is 627 g/mol. The fraction of sp³-hybridized carbons (Fsp3) is 0.290. The maximum absolute atomic E-state index is 14.4. The van der Waals surface area contributed by atoms with E-state index in [1.54, 1.807) is 6.07 Å². The van der Waals surface area contributed by atoms with Crippen LogP contribution in [0, 0.1) is 17.6 Å². The van der Waals surface area contributed by atoms with Gasteiger partial charge in [0.15, 0.2) is 5.82 Å². The topological polar surface area (TPSA) is 141 Å². The van der Waals surface area contributed by atoms with E-state index in [-0.39, 0.29) is 40.5 Å². The van der Waals surface area contributed by atoms with Gasteiger partial charge in [0.2, 0.25) is 15.9 Å². The van der Waals surface area contributed by atoms with Crippen molar-refractivity contribution in [2.24, 2.45) is 5.92 Å². The average Bonchev–Trinajstić information content (AvgIpc) is 3.36. The van der Waals surface area contributed by atoms with Crippen LogP contribution in [-0.2, 0) is 14.8 Å². The fourth-order valence-corrected chi connectivity index (χ4v) is 6.23. The van der Waals surface area contributed by atoms with E-state index in [1.807, 2.05) is 11.9 Å². The van der Waals surface area contributed by atoms with Crippen LogP contribution in [0.5, 0.6) is 5.75 Å². The smallest absolute Gasteiger partial charge is 0.255 e. The number of carbonyl (C=O) groups is 2. The van der Waals surface area contributed by atoms with E-state index in [2.05, 4.69) is 15.4 Å². The molecule has 2 atom stereocenters. The van der Waals surface area contributed by atoms with Gasteiger partial charge in [0.25, 0.3) is 5.91 Å². The summed E-state index contributed by atoms with van der Waals surface area (Å²) in [5.74, 6) is -3.68. The summed E-state index contributed by atoms with van der Waals surface area (Å²) in [5, 5.41) is 15.6. The van der Waals surface area contributed by atoms with Crippen molar-refractivity contribution in [1.29, 1.82) is 0 Å². The van der Waals surface area contributed by atoms with E-state index in [0.29, 0.717) is 29.6 Å². The Hall–Kier alpha value is -4.49. The Bertz CT molecular complexity index is 1820. The number of likely N-dealkylation sites (tertiary alicyclic amines) is 1. The highest BCUT2D eigenvalue weighted by Gasteiger charge is 2.34. The van der Waals surface area contributed by atoms with Crippen LogP contribution in [0.4, 0.5) is 20.2 Å². The maximum atomic E-state index is 14.4. The summed E-state index contributed by atoms with van der Waals surface area (Å²) in [6.07, 6.45) is 0.260. The second kappa shape index (κ2) is 12.2. The molecule has 232 valence electrons. The lowest BCUT2D eigenvalue weighted by molar-refractivity contribution is -0.121. The third-order valence-corrected chi connectivity index (χ3v) is 9.04. The lowest BCUT2D eigenvalue weighted by atomic mass is 9.83. The van der Waals surface area contributed by atoms with Gasteiger partial charge in [-0.25, -0.2) is 17.2 Å². The van der Waals surface area contributed by atoms with E-state index >= 15 is 0 Å². The van der Waals surface area contributed by atoms with Crippen LogP contribution in [0.2, 0.25) is 0 Å². The Labute approximate surface area is 253 Å². The third kappa shape index (κ3) is 6.24. The number of carbonyl (C=O) groups excluding carboxylic acids is 2. The number of furan rings is 1. The van der Waals surface area contributed by atoms with E-state index < -0.39 is 51.1 Å². The molecule has 2 heterocycles. The van der Waals surface area contributed by atoms with Crippen molar-refractivity contribution in [3.8, 4) is 17.1 Å². The number of fused-ring (bicyclic) bond motifs is 1. The number of halogens is 2. The molecule has 44 heavy (non-hydrogen) atoms. The molecule has 1 fully saturated rings. The molecule has 3 aromatic carbocycles. The normalized spacial score (nSPS) is 17.4. The van der Waals surface area contributed by atoms with Gasteiger partial charge in [-0.1, -0.05) is 6.07 Å². The van der Waals surface area contributed by atoms with Crippen molar-refractivity contribution in [2.45, 2.75) is 19.3 Å². The molecule has 1 aliphatic rings. The van der Waals surface area contributed by atoms with Crippen LogP contribution in [0.25, 0.3) is 22.3 Å². The van der Waals surface area contributed by atoms with Crippen molar-refractivity contribution in [1.82, 2.24) is 10.2 Å². The van der Waals surface area contributed by atoms with Crippen LogP contribution < -0.4 is 15.4 Å². The first-order valence-corrected chi connectivity index (χ1v) is 15.6. The number of sulfonamides is 1. The molecule has 4 N–H and O–H groups in total. The quantitative estimate of drug-likeness (QED) is 0.204. The van der Waals surface area contributed by atoms with Gasteiger partial charge in [-0.05, 0) is 74.3 Å². The van der Waals surface area contributed by atoms with E-state index in [9.17, 15) is 31.9 Å². The number of para-hydroxylation sites is 1. The standard InChI is InChI=1S/C31H32F2N4O6S/c1-4-44(41,42)36-24-14-26-22(27(31(40)34-2)29(43-26)17-8-10-20(32)11-9-17)13-21(24)18-12-19(16-37(3)15-18)30(39)35-28-23(33)6-5-7-25(28)38/h5-11,13-14,18-19,36,38H,4,12,15-16H2,1-3H3,(H,34,40)(H,35,39). The van der Waals surface area contributed by atoms with Crippen LogP contribution in [0.15, 0.2) is 59.0 Å². The van der Waals surface area contributed by atoms with Crippen molar-refractivity contribution >= 4 is 44.2 Å². The molecule has 1 aromatic heterocycles. The van der Waals surface area contributed by atoms with Crippen molar-refractivity contribution in [2.75, 3.05) is 43.0 Å². The molecular weight excluding hydrogens is 594 g/mol. The minimum Gasteiger partial charge on any atom is -0.506 e. The molecule has 1 saturated heterocycles. The van der Waals surface area contributed by atoms with Crippen LogP contribution in [0.1, 0.15) is 35.2 Å². The second-order valence-electron chi connectivity index (χ2n) is 10.8. The zero-order valence-corrected chi connectivity index (χ0v) is 25.1. The van der Waals surface area contributed by atoms with Crippen LogP contribution in [-0.4, -0.2) is 63.2 Å². The number of phenolic OH excluding ortho intramolecular Hbond substituents is 1. The lowest BCUT2D eigenvalue weighted by Crippen LogP contribution is -2.42. The number of nitrogens with one attached hydrogen (secondary N) is 3. The Morgan fingerprint density at radius 2 is 1.82 bits per heavy atom.